The lowest BCUT2D eigenvalue weighted by Gasteiger charge is -2.32. The number of amides is 1. The molecule has 1 saturated heterocycles. The molecular weight excluding hydrogens is 404 g/mol. The minimum Gasteiger partial charge on any atom is -0.349 e. The molecule has 1 atom stereocenters. The molecule has 0 bridgehead atoms. The van der Waals surface area contributed by atoms with Crippen LogP contribution in [0.4, 0.5) is 0 Å². The molecule has 1 aliphatic heterocycles. The molecule has 1 unspecified atom stereocenters. The summed E-state index contributed by atoms with van der Waals surface area (Å²) in [6.07, 6.45) is 0.301. The van der Waals surface area contributed by atoms with Gasteiger partial charge in [-0.3, -0.25) is 9.69 Å². The second kappa shape index (κ2) is 10.2. The normalized spacial score (nSPS) is 16.2. The Labute approximate surface area is 188 Å². The third kappa shape index (κ3) is 6.00. The van der Waals surface area contributed by atoms with Crippen LogP contribution in [0, 0.1) is 0 Å². The van der Waals surface area contributed by atoms with Crippen LogP contribution < -0.4 is 5.32 Å². The minimum absolute atomic E-state index is 0.00396. The molecule has 0 radical (unpaired) electrons. The number of rotatable bonds is 7. The maximum absolute atomic E-state index is 12.4. The van der Waals surface area contributed by atoms with Crippen LogP contribution in [0.2, 0.25) is 0 Å². The maximum atomic E-state index is 12.4. The standard InChI is InChI=1S/C25H30N4OS/c1-19(21-6-4-3-5-7-21)26-24(30)16-23-18-31-25(27-23)22-10-8-20(9-11-22)17-29-14-12-28(2)13-15-29/h3-11,18-19H,12-17H2,1-2H3,(H,26,30). The fourth-order valence-electron chi connectivity index (χ4n) is 3.82. The molecule has 2 heterocycles. The Morgan fingerprint density at radius 3 is 2.48 bits per heavy atom. The predicted octanol–water partition coefficient (Wildman–Crippen LogP) is 3.98. The van der Waals surface area contributed by atoms with E-state index >= 15 is 0 Å². The van der Waals surface area contributed by atoms with Gasteiger partial charge in [0.25, 0.3) is 0 Å². The van der Waals surface area contributed by atoms with E-state index in [1.54, 1.807) is 11.3 Å². The minimum atomic E-state index is -0.0142. The van der Waals surface area contributed by atoms with Crippen molar-refractivity contribution in [1.82, 2.24) is 20.1 Å². The van der Waals surface area contributed by atoms with Gasteiger partial charge in [-0.1, -0.05) is 54.6 Å². The van der Waals surface area contributed by atoms with Crippen molar-refractivity contribution in [2.75, 3.05) is 33.2 Å². The van der Waals surface area contributed by atoms with E-state index in [0.717, 1.165) is 54.6 Å². The summed E-state index contributed by atoms with van der Waals surface area (Å²) in [5.41, 5.74) is 4.36. The van der Waals surface area contributed by atoms with Crippen molar-refractivity contribution in [3.05, 3.63) is 76.8 Å². The molecule has 3 aromatic rings. The summed E-state index contributed by atoms with van der Waals surface area (Å²) >= 11 is 1.59. The first kappa shape index (κ1) is 21.7. The zero-order chi connectivity index (χ0) is 21.6. The summed E-state index contributed by atoms with van der Waals surface area (Å²) in [7, 11) is 2.18. The van der Waals surface area contributed by atoms with E-state index in [-0.39, 0.29) is 11.9 Å². The number of piperazine rings is 1. The van der Waals surface area contributed by atoms with Crippen molar-refractivity contribution >= 4 is 17.2 Å². The number of carbonyl (C=O) groups is 1. The Balaban J connectivity index is 1.31. The Kier molecular flexibility index (Phi) is 7.12. The predicted molar refractivity (Wildman–Crippen MR) is 127 cm³/mol. The third-order valence-corrected chi connectivity index (χ3v) is 6.71. The van der Waals surface area contributed by atoms with Crippen LogP contribution in [-0.2, 0) is 17.8 Å². The summed E-state index contributed by atoms with van der Waals surface area (Å²) in [4.78, 5) is 22.0. The highest BCUT2D eigenvalue weighted by atomic mass is 32.1. The second-order valence-corrected chi connectivity index (χ2v) is 9.16. The van der Waals surface area contributed by atoms with Crippen LogP contribution in [0.25, 0.3) is 10.6 Å². The SMILES string of the molecule is CC(NC(=O)Cc1csc(-c2ccc(CN3CCN(C)CC3)cc2)n1)c1ccccc1. The number of aromatic nitrogens is 1. The van der Waals surface area contributed by atoms with Crippen LogP contribution >= 0.6 is 11.3 Å². The lowest BCUT2D eigenvalue weighted by molar-refractivity contribution is -0.121. The van der Waals surface area contributed by atoms with Crippen molar-refractivity contribution in [1.29, 1.82) is 0 Å². The first-order valence-electron chi connectivity index (χ1n) is 10.9. The number of likely N-dealkylation sites (N-methyl/N-ethyl adjacent to an activating group) is 1. The molecular formula is C25H30N4OS. The average molecular weight is 435 g/mol. The molecule has 1 aromatic heterocycles. The molecule has 1 N–H and O–H groups in total. The first-order chi connectivity index (χ1) is 15.1. The fraction of sp³-hybridized carbons (Fsp3) is 0.360. The molecule has 0 spiro atoms. The van der Waals surface area contributed by atoms with E-state index < -0.39 is 0 Å². The molecule has 31 heavy (non-hydrogen) atoms. The molecule has 2 aromatic carbocycles. The first-order valence-corrected chi connectivity index (χ1v) is 11.7. The topological polar surface area (TPSA) is 48.5 Å². The molecule has 1 aliphatic rings. The Bertz CT molecular complexity index is 978. The molecule has 162 valence electrons. The number of hydrogen-bond acceptors (Lipinski definition) is 5. The van der Waals surface area contributed by atoms with Gasteiger partial charge in [0.15, 0.2) is 0 Å². The summed E-state index contributed by atoms with van der Waals surface area (Å²) in [5.74, 6) is -0.00396. The van der Waals surface area contributed by atoms with Crippen molar-refractivity contribution in [2.24, 2.45) is 0 Å². The highest BCUT2D eigenvalue weighted by molar-refractivity contribution is 7.13. The van der Waals surface area contributed by atoms with Crippen molar-refractivity contribution < 1.29 is 4.79 Å². The van der Waals surface area contributed by atoms with Crippen LogP contribution in [0.15, 0.2) is 60.0 Å². The molecule has 1 fully saturated rings. The number of thiazole rings is 1. The van der Waals surface area contributed by atoms with E-state index in [0.29, 0.717) is 6.42 Å². The van der Waals surface area contributed by atoms with Crippen LogP contribution in [0.3, 0.4) is 0 Å². The van der Waals surface area contributed by atoms with Crippen molar-refractivity contribution in [3.63, 3.8) is 0 Å². The van der Waals surface area contributed by atoms with E-state index in [1.165, 1.54) is 5.56 Å². The summed E-state index contributed by atoms with van der Waals surface area (Å²) in [5, 5.41) is 6.01. The van der Waals surface area contributed by atoms with Gasteiger partial charge in [-0.15, -0.1) is 11.3 Å². The molecule has 1 amide bonds. The number of nitrogens with one attached hydrogen (secondary N) is 1. The molecule has 0 aliphatic carbocycles. The van der Waals surface area contributed by atoms with Crippen molar-refractivity contribution in [3.8, 4) is 10.6 Å². The van der Waals surface area contributed by atoms with Crippen LogP contribution in [0.5, 0.6) is 0 Å². The van der Waals surface area contributed by atoms with E-state index in [2.05, 4.69) is 46.4 Å². The Hall–Kier alpha value is -2.54. The lowest BCUT2D eigenvalue weighted by Crippen LogP contribution is -2.43. The zero-order valence-corrected chi connectivity index (χ0v) is 19.1. The fourth-order valence-corrected chi connectivity index (χ4v) is 4.65. The highest BCUT2D eigenvalue weighted by Crippen LogP contribution is 2.25. The van der Waals surface area contributed by atoms with Gasteiger partial charge in [-0.2, -0.15) is 0 Å². The Morgan fingerprint density at radius 2 is 1.77 bits per heavy atom. The van der Waals surface area contributed by atoms with Crippen molar-refractivity contribution in [2.45, 2.75) is 25.9 Å². The summed E-state index contributed by atoms with van der Waals surface area (Å²) in [6.45, 7) is 7.52. The van der Waals surface area contributed by atoms with Gasteiger partial charge in [0.05, 0.1) is 18.2 Å². The van der Waals surface area contributed by atoms with E-state index in [1.807, 2.05) is 42.6 Å². The van der Waals surface area contributed by atoms with Crippen LogP contribution in [-0.4, -0.2) is 53.9 Å². The number of carbonyl (C=O) groups excluding carboxylic acids is 1. The molecule has 5 nitrogen and oxygen atoms in total. The van der Waals surface area contributed by atoms with Gasteiger partial charge in [0.1, 0.15) is 5.01 Å². The number of nitrogens with zero attached hydrogens (tertiary/aromatic N) is 3. The smallest absolute Gasteiger partial charge is 0.226 e. The third-order valence-electron chi connectivity index (χ3n) is 5.77. The van der Waals surface area contributed by atoms with Crippen LogP contribution in [0.1, 0.15) is 29.8 Å². The lowest BCUT2D eigenvalue weighted by atomic mass is 10.1. The van der Waals surface area contributed by atoms with Gasteiger partial charge in [-0.05, 0) is 25.1 Å². The molecule has 4 rings (SSSR count). The number of benzene rings is 2. The summed E-state index contributed by atoms with van der Waals surface area (Å²) in [6, 6.07) is 18.7. The average Bonchev–Trinajstić information content (AvgIpc) is 3.24. The van der Waals surface area contributed by atoms with Gasteiger partial charge >= 0.3 is 0 Å². The second-order valence-electron chi connectivity index (χ2n) is 8.30. The molecule has 0 saturated carbocycles. The van der Waals surface area contributed by atoms with Gasteiger partial charge in [-0.25, -0.2) is 4.98 Å². The maximum Gasteiger partial charge on any atom is 0.226 e. The van der Waals surface area contributed by atoms with Gasteiger partial charge < -0.3 is 10.2 Å². The van der Waals surface area contributed by atoms with E-state index in [9.17, 15) is 4.79 Å². The quantitative estimate of drug-likeness (QED) is 0.611. The zero-order valence-electron chi connectivity index (χ0n) is 18.3. The Morgan fingerprint density at radius 1 is 1.06 bits per heavy atom. The van der Waals surface area contributed by atoms with E-state index in [4.69, 9.17) is 4.98 Å². The molecule has 6 heteroatoms. The monoisotopic (exact) mass is 434 g/mol. The van der Waals surface area contributed by atoms with Gasteiger partial charge in [0, 0.05) is 43.7 Å². The summed E-state index contributed by atoms with van der Waals surface area (Å²) < 4.78 is 0. The highest BCUT2D eigenvalue weighted by Gasteiger charge is 2.15. The largest absolute Gasteiger partial charge is 0.349 e. The number of hydrogen-bond donors (Lipinski definition) is 1. The van der Waals surface area contributed by atoms with Gasteiger partial charge in [0.2, 0.25) is 5.91 Å².